The minimum atomic E-state index is -3.50. The van der Waals surface area contributed by atoms with Crippen LogP contribution < -0.4 is 10.5 Å². The molecule has 0 bridgehead atoms. The number of nitrogens with one attached hydrogen (secondary N) is 1. The maximum atomic E-state index is 11.1. The first-order chi connectivity index (χ1) is 5.40. The predicted octanol–water partition coefficient (Wildman–Crippen LogP) is -0.835. The van der Waals surface area contributed by atoms with Gasteiger partial charge in [0, 0.05) is 12.6 Å². The summed E-state index contributed by atoms with van der Waals surface area (Å²) in [5, 5.41) is 7.30. The summed E-state index contributed by atoms with van der Waals surface area (Å²) in [6.45, 7) is 3.16. The average molecular weight is 191 g/mol. The Morgan fingerprint density at radius 2 is 2.08 bits per heavy atom. The van der Waals surface area contributed by atoms with Crippen LogP contribution in [0.2, 0.25) is 0 Å². The molecule has 0 aliphatic heterocycles. The maximum Gasteiger partial charge on any atom is 0.227 e. The topological polar surface area (TPSA) is 96.0 Å². The number of nitrogens with two attached hydrogens (primary N) is 1. The quantitative estimate of drug-likeness (QED) is 0.606. The van der Waals surface area contributed by atoms with Crippen molar-refractivity contribution in [3.8, 4) is 6.07 Å². The Labute approximate surface area is 72.6 Å². The third kappa shape index (κ3) is 3.67. The van der Waals surface area contributed by atoms with E-state index in [9.17, 15) is 8.42 Å². The molecule has 5 nitrogen and oxygen atoms in total. The summed E-state index contributed by atoms with van der Waals surface area (Å²) in [6, 6.07) is 1.39. The summed E-state index contributed by atoms with van der Waals surface area (Å²) in [5.41, 5.74) is 5.33. The second-order valence-corrected chi connectivity index (χ2v) is 4.73. The van der Waals surface area contributed by atoms with Gasteiger partial charge in [0.1, 0.15) is 0 Å². The molecular weight excluding hydrogens is 178 g/mol. The lowest BCUT2D eigenvalue weighted by atomic mass is 10.4. The zero-order valence-corrected chi connectivity index (χ0v) is 7.93. The second-order valence-electron chi connectivity index (χ2n) is 2.64. The molecule has 0 radical (unpaired) electrons. The summed E-state index contributed by atoms with van der Waals surface area (Å²) in [4.78, 5) is 0. The van der Waals surface area contributed by atoms with E-state index in [4.69, 9.17) is 11.0 Å². The van der Waals surface area contributed by atoms with E-state index in [1.807, 2.05) is 0 Å². The van der Waals surface area contributed by atoms with Gasteiger partial charge in [0.2, 0.25) is 10.0 Å². The Morgan fingerprint density at radius 1 is 1.58 bits per heavy atom. The third-order valence-corrected chi connectivity index (χ3v) is 2.86. The molecule has 12 heavy (non-hydrogen) atoms. The highest BCUT2D eigenvalue weighted by Crippen LogP contribution is 1.95. The van der Waals surface area contributed by atoms with Crippen LogP contribution in [-0.2, 0) is 10.0 Å². The molecule has 0 fully saturated rings. The maximum absolute atomic E-state index is 11.1. The van der Waals surface area contributed by atoms with Crippen LogP contribution in [0.3, 0.4) is 0 Å². The van der Waals surface area contributed by atoms with Crippen LogP contribution in [0.5, 0.6) is 0 Å². The summed E-state index contributed by atoms with van der Waals surface area (Å²) in [6.07, 6.45) is 0. The molecule has 3 N–H and O–H groups in total. The van der Waals surface area contributed by atoms with Crippen molar-refractivity contribution in [2.75, 3.05) is 6.54 Å². The Balaban J connectivity index is 4.18. The number of sulfonamides is 1. The zero-order valence-electron chi connectivity index (χ0n) is 7.11. The van der Waals surface area contributed by atoms with Gasteiger partial charge in [0.15, 0.2) is 5.25 Å². The van der Waals surface area contributed by atoms with Gasteiger partial charge in [-0.25, -0.2) is 13.1 Å². The Kier molecular flexibility index (Phi) is 4.17. The van der Waals surface area contributed by atoms with Crippen molar-refractivity contribution in [1.82, 2.24) is 4.72 Å². The summed E-state index contributed by atoms with van der Waals surface area (Å²) in [7, 11) is -3.50. The molecule has 0 heterocycles. The van der Waals surface area contributed by atoms with Crippen molar-refractivity contribution in [2.45, 2.75) is 25.1 Å². The minimum absolute atomic E-state index is 0.161. The molecule has 2 atom stereocenters. The molecule has 0 saturated heterocycles. The van der Waals surface area contributed by atoms with Crippen LogP contribution in [0.15, 0.2) is 0 Å². The summed E-state index contributed by atoms with van der Waals surface area (Å²) in [5.74, 6) is 0. The fraction of sp³-hybridized carbons (Fsp3) is 0.833. The first-order valence-corrected chi connectivity index (χ1v) is 5.08. The monoisotopic (exact) mass is 191 g/mol. The van der Waals surface area contributed by atoms with Crippen LogP contribution >= 0.6 is 0 Å². The number of hydrogen-bond acceptors (Lipinski definition) is 4. The molecular formula is C6H13N3O2S. The predicted molar refractivity (Wildman–Crippen MR) is 45.6 cm³/mol. The van der Waals surface area contributed by atoms with E-state index in [-0.39, 0.29) is 12.6 Å². The number of hydrogen-bond donors (Lipinski definition) is 2. The Bertz CT molecular complexity index is 265. The SMILES string of the molecule is CC(N)CNS(=O)(=O)C(C)C#N. The molecule has 0 aromatic rings. The van der Waals surface area contributed by atoms with Crippen molar-refractivity contribution < 1.29 is 8.42 Å². The van der Waals surface area contributed by atoms with E-state index in [0.717, 1.165) is 0 Å². The van der Waals surface area contributed by atoms with Crippen LogP contribution in [0.25, 0.3) is 0 Å². The molecule has 0 amide bonds. The van der Waals surface area contributed by atoms with Gasteiger partial charge in [-0.2, -0.15) is 5.26 Å². The van der Waals surface area contributed by atoms with E-state index in [2.05, 4.69) is 4.72 Å². The number of nitrogens with zero attached hydrogens (tertiary/aromatic N) is 1. The van der Waals surface area contributed by atoms with Gasteiger partial charge < -0.3 is 5.73 Å². The smallest absolute Gasteiger partial charge is 0.227 e. The van der Waals surface area contributed by atoms with Crippen molar-refractivity contribution in [1.29, 1.82) is 5.26 Å². The molecule has 0 aromatic carbocycles. The Morgan fingerprint density at radius 3 is 2.42 bits per heavy atom. The molecule has 70 valence electrons. The van der Waals surface area contributed by atoms with E-state index in [1.54, 1.807) is 13.0 Å². The summed E-state index contributed by atoms with van der Waals surface area (Å²) < 4.78 is 24.4. The van der Waals surface area contributed by atoms with E-state index >= 15 is 0 Å². The lowest BCUT2D eigenvalue weighted by molar-refractivity contribution is 0.569. The van der Waals surface area contributed by atoms with Crippen molar-refractivity contribution in [2.24, 2.45) is 5.73 Å². The lowest BCUT2D eigenvalue weighted by Crippen LogP contribution is -2.39. The van der Waals surface area contributed by atoms with Crippen molar-refractivity contribution in [3.63, 3.8) is 0 Å². The zero-order chi connectivity index (χ0) is 9.78. The largest absolute Gasteiger partial charge is 0.327 e. The van der Waals surface area contributed by atoms with Gasteiger partial charge in [0.25, 0.3) is 0 Å². The van der Waals surface area contributed by atoms with Crippen LogP contribution in [0.4, 0.5) is 0 Å². The molecule has 0 aliphatic rings. The van der Waals surface area contributed by atoms with Gasteiger partial charge in [0.05, 0.1) is 6.07 Å². The lowest BCUT2D eigenvalue weighted by Gasteiger charge is -2.09. The van der Waals surface area contributed by atoms with Gasteiger partial charge in [-0.1, -0.05) is 0 Å². The van der Waals surface area contributed by atoms with Crippen LogP contribution in [0.1, 0.15) is 13.8 Å². The molecule has 2 unspecified atom stereocenters. The normalized spacial score (nSPS) is 16.5. The number of rotatable bonds is 4. The molecule has 6 heteroatoms. The highest BCUT2D eigenvalue weighted by atomic mass is 32.2. The van der Waals surface area contributed by atoms with Gasteiger partial charge in [-0.15, -0.1) is 0 Å². The fourth-order valence-electron chi connectivity index (χ4n) is 0.442. The minimum Gasteiger partial charge on any atom is -0.327 e. The summed E-state index contributed by atoms with van der Waals surface area (Å²) >= 11 is 0. The molecule has 0 aromatic heterocycles. The van der Waals surface area contributed by atoms with Gasteiger partial charge >= 0.3 is 0 Å². The molecule has 0 aliphatic carbocycles. The van der Waals surface area contributed by atoms with Crippen molar-refractivity contribution in [3.05, 3.63) is 0 Å². The van der Waals surface area contributed by atoms with E-state index < -0.39 is 15.3 Å². The van der Waals surface area contributed by atoms with Crippen LogP contribution in [-0.4, -0.2) is 26.3 Å². The standard InChI is InChI=1S/C6H13N3O2S/c1-5(8)4-9-12(10,11)6(2)3-7/h5-6,9H,4,8H2,1-2H3. The van der Waals surface area contributed by atoms with Gasteiger partial charge in [-0.05, 0) is 13.8 Å². The third-order valence-electron chi connectivity index (χ3n) is 1.25. The fourth-order valence-corrected chi connectivity index (χ4v) is 1.33. The first kappa shape index (κ1) is 11.4. The van der Waals surface area contributed by atoms with E-state index in [0.29, 0.717) is 0 Å². The van der Waals surface area contributed by atoms with Gasteiger partial charge in [-0.3, -0.25) is 0 Å². The molecule has 0 saturated carbocycles. The average Bonchev–Trinajstić information content (AvgIpc) is 1.99. The van der Waals surface area contributed by atoms with E-state index in [1.165, 1.54) is 6.92 Å². The highest BCUT2D eigenvalue weighted by molar-refractivity contribution is 7.90. The second kappa shape index (κ2) is 4.40. The van der Waals surface area contributed by atoms with Crippen LogP contribution in [0, 0.1) is 11.3 Å². The first-order valence-electron chi connectivity index (χ1n) is 3.54. The van der Waals surface area contributed by atoms with Crippen molar-refractivity contribution >= 4 is 10.0 Å². The number of nitriles is 1. The highest BCUT2D eigenvalue weighted by Gasteiger charge is 2.19. The molecule has 0 spiro atoms. The Hall–Kier alpha value is -0.640. The molecule has 0 rings (SSSR count).